The van der Waals surface area contributed by atoms with Gasteiger partial charge in [0.1, 0.15) is 12.7 Å². The molecule has 3 heteroatoms. The van der Waals surface area contributed by atoms with E-state index in [9.17, 15) is 0 Å². The van der Waals surface area contributed by atoms with Gasteiger partial charge >= 0.3 is 0 Å². The van der Waals surface area contributed by atoms with Crippen LogP contribution in [0.2, 0.25) is 0 Å². The highest BCUT2D eigenvalue weighted by Gasteiger charge is 2.26. The summed E-state index contributed by atoms with van der Waals surface area (Å²) < 4.78 is 11.7. The molecule has 1 aliphatic rings. The molecule has 21 heavy (non-hydrogen) atoms. The van der Waals surface area contributed by atoms with Crippen molar-refractivity contribution in [3.63, 3.8) is 0 Å². The lowest BCUT2D eigenvalue weighted by atomic mass is 10.0. The summed E-state index contributed by atoms with van der Waals surface area (Å²) in [5, 5.41) is 0. The van der Waals surface area contributed by atoms with Crippen LogP contribution in [0.3, 0.4) is 0 Å². The molecule has 1 heterocycles. The molecule has 2 N–H and O–H groups in total. The van der Waals surface area contributed by atoms with Crippen molar-refractivity contribution >= 4 is 0 Å². The second kappa shape index (κ2) is 6.19. The van der Waals surface area contributed by atoms with Crippen molar-refractivity contribution in [2.24, 2.45) is 5.73 Å². The molecule has 1 aliphatic heterocycles. The van der Waals surface area contributed by atoms with Crippen LogP contribution in [0.25, 0.3) is 0 Å². The fourth-order valence-corrected chi connectivity index (χ4v) is 2.56. The highest BCUT2D eigenvalue weighted by atomic mass is 16.6. The van der Waals surface area contributed by atoms with Gasteiger partial charge in [0, 0.05) is 6.04 Å². The first-order valence-electron chi connectivity index (χ1n) is 7.48. The standard InChI is InChI=1S/C18H21NO2/c1-2-13-7-9-14(10-8-13)11-15(19)18-12-20-16-5-3-4-6-17(16)21-18/h3-10,15,18H,2,11-12,19H2,1H3. The van der Waals surface area contributed by atoms with Crippen LogP contribution in [0, 0.1) is 0 Å². The molecule has 2 unspecified atom stereocenters. The summed E-state index contributed by atoms with van der Waals surface area (Å²) in [7, 11) is 0. The largest absolute Gasteiger partial charge is 0.486 e. The Morgan fingerprint density at radius 2 is 1.71 bits per heavy atom. The minimum Gasteiger partial charge on any atom is -0.486 e. The maximum Gasteiger partial charge on any atom is 0.161 e. The lowest BCUT2D eigenvalue weighted by molar-refractivity contribution is 0.0723. The zero-order chi connectivity index (χ0) is 14.7. The van der Waals surface area contributed by atoms with Crippen LogP contribution >= 0.6 is 0 Å². The first-order chi connectivity index (χ1) is 10.3. The SMILES string of the molecule is CCc1ccc(CC(N)C2COc3ccccc3O2)cc1. The van der Waals surface area contributed by atoms with E-state index in [1.807, 2.05) is 24.3 Å². The highest BCUT2D eigenvalue weighted by Crippen LogP contribution is 2.31. The van der Waals surface area contributed by atoms with Gasteiger partial charge < -0.3 is 15.2 Å². The third-order valence-electron chi connectivity index (χ3n) is 3.91. The van der Waals surface area contributed by atoms with Crippen molar-refractivity contribution in [2.75, 3.05) is 6.61 Å². The molecule has 0 spiro atoms. The minimum absolute atomic E-state index is 0.0779. The van der Waals surface area contributed by atoms with E-state index >= 15 is 0 Å². The van der Waals surface area contributed by atoms with Crippen LogP contribution in [0.1, 0.15) is 18.1 Å². The number of rotatable bonds is 4. The number of hydrogen-bond acceptors (Lipinski definition) is 3. The Bertz CT molecular complexity index is 594. The Morgan fingerprint density at radius 1 is 1.05 bits per heavy atom. The lowest BCUT2D eigenvalue weighted by Crippen LogP contribution is -2.46. The molecule has 0 saturated heterocycles. The van der Waals surface area contributed by atoms with Crippen molar-refractivity contribution in [1.29, 1.82) is 0 Å². The van der Waals surface area contributed by atoms with Gasteiger partial charge in [-0.15, -0.1) is 0 Å². The number of hydrogen-bond donors (Lipinski definition) is 1. The van der Waals surface area contributed by atoms with Crippen molar-refractivity contribution in [3.05, 3.63) is 59.7 Å². The van der Waals surface area contributed by atoms with Gasteiger partial charge in [0.2, 0.25) is 0 Å². The number of para-hydroxylation sites is 2. The number of ether oxygens (including phenoxy) is 2. The summed E-state index contributed by atoms with van der Waals surface area (Å²) >= 11 is 0. The lowest BCUT2D eigenvalue weighted by Gasteiger charge is -2.30. The van der Waals surface area contributed by atoms with Gasteiger partial charge in [-0.2, -0.15) is 0 Å². The third-order valence-corrected chi connectivity index (χ3v) is 3.91. The molecule has 0 fully saturated rings. The zero-order valence-electron chi connectivity index (χ0n) is 12.3. The quantitative estimate of drug-likeness (QED) is 0.938. The molecule has 2 aromatic rings. The van der Waals surface area contributed by atoms with Crippen molar-refractivity contribution in [1.82, 2.24) is 0 Å². The Kier molecular flexibility index (Phi) is 4.11. The Labute approximate surface area is 125 Å². The first-order valence-corrected chi connectivity index (χ1v) is 7.48. The average Bonchev–Trinajstić information content (AvgIpc) is 2.55. The molecule has 0 radical (unpaired) electrons. The summed E-state index contributed by atoms with van der Waals surface area (Å²) in [5.41, 5.74) is 8.89. The van der Waals surface area contributed by atoms with Crippen molar-refractivity contribution < 1.29 is 9.47 Å². The molecule has 0 saturated carbocycles. The van der Waals surface area contributed by atoms with E-state index in [4.69, 9.17) is 15.2 Å². The van der Waals surface area contributed by atoms with E-state index < -0.39 is 0 Å². The van der Waals surface area contributed by atoms with E-state index in [0.717, 1.165) is 24.3 Å². The summed E-state index contributed by atoms with van der Waals surface area (Å²) in [6.07, 6.45) is 1.74. The van der Waals surface area contributed by atoms with E-state index in [2.05, 4.69) is 31.2 Å². The summed E-state index contributed by atoms with van der Waals surface area (Å²) in [5.74, 6) is 1.58. The van der Waals surface area contributed by atoms with Gasteiger partial charge in [-0.3, -0.25) is 0 Å². The van der Waals surface area contributed by atoms with Crippen LogP contribution in [0.4, 0.5) is 0 Å². The number of aryl methyl sites for hydroxylation is 1. The van der Waals surface area contributed by atoms with Crippen LogP contribution in [0.5, 0.6) is 11.5 Å². The third kappa shape index (κ3) is 3.19. The molecule has 3 rings (SSSR count). The van der Waals surface area contributed by atoms with Crippen molar-refractivity contribution in [3.8, 4) is 11.5 Å². The highest BCUT2D eigenvalue weighted by molar-refractivity contribution is 5.40. The van der Waals surface area contributed by atoms with Gasteiger partial charge in [0.25, 0.3) is 0 Å². The maximum absolute atomic E-state index is 6.30. The molecule has 0 bridgehead atoms. The summed E-state index contributed by atoms with van der Waals surface area (Å²) in [6.45, 7) is 2.66. The normalized spacial score (nSPS) is 18.3. The fourth-order valence-electron chi connectivity index (χ4n) is 2.56. The summed E-state index contributed by atoms with van der Waals surface area (Å²) in [6, 6.07) is 16.3. The zero-order valence-corrected chi connectivity index (χ0v) is 12.3. The predicted molar refractivity (Wildman–Crippen MR) is 83.9 cm³/mol. The van der Waals surface area contributed by atoms with E-state index in [1.54, 1.807) is 0 Å². The monoisotopic (exact) mass is 283 g/mol. The van der Waals surface area contributed by atoms with Crippen molar-refractivity contribution in [2.45, 2.75) is 31.9 Å². The molecule has 110 valence electrons. The number of benzene rings is 2. The smallest absolute Gasteiger partial charge is 0.161 e. The fraction of sp³-hybridized carbons (Fsp3) is 0.333. The first kappa shape index (κ1) is 14.0. The van der Waals surface area contributed by atoms with Crippen LogP contribution in [-0.2, 0) is 12.8 Å². The van der Waals surface area contributed by atoms with Crippen LogP contribution in [-0.4, -0.2) is 18.8 Å². The van der Waals surface area contributed by atoms with Gasteiger partial charge in [-0.1, -0.05) is 43.3 Å². The number of fused-ring (bicyclic) bond motifs is 1. The maximum atomic E-state index is 6.30. The Morgan fingerprint density at radius 3 is 2.43 bits per heavy atom. The molecule has 0 aliphatic carbocycles. The average molecular weight is 283 g/mol. The predicted octanol–water partition coefficient (Wildman–Crippen LogP) is 2.96. The van der Waals surface area contributed by atoms with E-state index in [0.29, 0.717) is 6.61 Å². The molecular weight excluding hydrogens is 262 g/mol. The molecule has 3 nitrogen and oxygen atoms in total. The topological polar surface area (TPSA) is 44.5 Å². The second-order valence-electron chi connectivity index (χ2n) is 5.45. The van der Waals surface area contributed by atoms with Gasteiger partial charge in [0.05, 0.1) is 0 Å². The molecule has 0 amide bonds. The molecule has 2 aromatic carbocycles. The van der Waals surface area contributed by atoms with Crippen LogP contribution < -0.4 is 15.2 Å². The molecule has 0 aromatic heterocycles. The second-order valence-corrected chi connectivity index (χ2v) is 5.45. The van der Waals surface area contributed by atoms with Gasteiger partial charge in [0.15, 0.2) is 11.5 Å². The molecular formula is C18H21NO2. The van der Waals surface area contributed by atoms with Gasteiger partial charge in [-0.05, 0) is 36.1 Å². The van der Waals surface area contributed by atoms with E-state index in [-0.39, 0.29) is 12.1 Å². The Hall–Kier alpha value is -2.00. The van der Waals surface area contributed by atoms with Gasteiger partial charge in [-0.25, -0.2) is 0 Å². The minimum atomic E-state index is -0.106. The number of nitrogens with two attached hydrogens (primary N) is 1. The van der Waals surface area contributed by atoms with E-state index in [1.165, 1.54) is 11.1 Å². The summed E-state index contributed by atoms with van der Waals surface area (Å²) in [4.78, 5) is 0. The Balaban J connectivity index is 1.64. The van der Waals surface area contributed by atoms with Crippen LogP contribution in [0.15, 0.2) is 48.5 Å². The molecule has 2 atom stereocenters.